The number of carbonyl (C=O) groups is 1. The lowest BCUT2D eigenvalue weighted by atomic mass is 10.1. The van der Waals surface area contributed by atoms with Crippen LogP contribution >= 0.6 is 8.25 Å². The van der Waals surface area contributed by atoms with Crippen LogP contribution in [0.2, 0.25) is 0 Å². The van der Waals surface area contributed by atoms with Gasteiger partial charge in [0.15, 0.2) is 23.7 Å². The second-order valence-electron chi connectivity index (χ2n) is 6.10. The van der Waals surface area contributed by atoms with Crippen LogP contribution in [0.5, 0.6) is 0 Å². The van der Waals surface area contributed by atoms with E-state index in [0.29, 0.717) is 0 Å². The van der Waals surface area contributed by atoms with Crippen LogP contribution in [0.25, 0.3) is 11.2 Å². The molecule has 4 unspecified atom stereocenters. The van der Waals surface area contributed by atoms with E-state index in [2.05, 4.69) is 15.0 Å². The smallest absolute Gasteiger partial charge is 0.481 e. The van der Waals surface area contributed by atoms with Crippen molar-refractivity contribution >= 4 is 31.3 Å². The van der Waals surface area contributed by atoms with E-state index in [9.17, 15) is 14.2 Å². The van der Waals surface area contributed by atoms with Crippen LogP contribution in [0.1, 0.15) is 12.6 Å². The van der Waals surface area contributed by atoms with Gasteiger partial charge in [0.1, 0.15) is 24.9 Å². The molecule has 2 aromatic rings. The van der Waals surface area contributed by atoms with E-state index in [0.717, 1.165) is 0 Å². The zero-order valence-electron chi connectivity index (χ0n) is 14.0. The number of hydrogen-bond acceptors (Lipinski definition) is 10. The van der Waals surface area contributed by atoms with Crippen LogP contribution in [0.4, 0.5) is 5.95 Å². The molecule has 28 heavy (non-hydrogen) atoms. The van der Waals surface area contributed by atoms with E-state index in [1.165, 1.54) is 10.9 Å². The number of nitrogens with one attached hydrogen (secondary N) is 1. The summed E-state index contributed by atoms with van der Waals surface area (Å²) in [5.74, 6) is -1.25. The summed E-state index contributed by atoms with van der Waals surface area (Å²) in [6.07, 6.45) is -3.46. The molecule has 6 atom stereocenters. The average molecular weight is 416 g/mol. The number of H-pyrrole nitrogens is 1. The molecule has 15 heteroatoms. The molecule has 150 valence electrons. The summed E-state index contributed by atoms with van der Waals surface area (Å²) >= 11 is 0. The Labute approximate surface area is 156 Å². The topological polar surface area (TPSA) is 201 Å². The molecule has 0 saturated carbocycles. The average Bonchev–Trinajstić information content (AvgIpc) is 3.26. The Bertz CT molecular complexity index is 992. The Kier molecular flexibility index (Phi) is 4.82. The predicted molar refractivity (Wildman–Crippen MR) is 88.0 cm³/mol. The van der Waals surface area contributed by atoms with Gasteiger partial charge in [0.25, 0.3) is 5.56 Å². The number of fused-ring (bicyclic) bond motifs is 2. The number of carboxylic acid groups (broad SMARTS) is 1. The third-order valence-corrected chi connectivity index (χ3v) is 4.69. The van der Waals surface area contributed by atoms with E-state index in [-0.39, 0.29) is 23.7 Å². The van der Waals surface area contributed by atoms with E-state index in [4.69, 9.17) is 34.5 Å². The third-order valence-electron chi connectivity index (χ3n) is 4.32. The van der Waals surface area contributed by atoms with Crippen molar-refractivity contribution < 1.29 is 38.1 Å². The largest absolute Gasteiger partial charge is 0.694 e. The van der Waals surface area contributed by atoms with Gasteiger partial charge in [0.05, 0.1) is 12.7 Å². The Morgan fingerprint density at radius 2 is 2.14 bits per heavy atom. The molecule has 0 aliphatic carbocycles. The lowest BCUT2D eigenvalue weighted by molar-refractivity contribution is -0.165. The molecular weight excluding hydrogens is 401 g/mol. The summed E-state index contributed by atoms with van der Waals surface area (Å²) in [6, 6.07) is 0. The Morgan fingerprint density at radius 3 is 2.86 bits per heavy atom. The summed E-state index contributed by atoms with van der Waals surface area (Å²) in [6.45, 7) is -0.296. The van der Waals surface area contributed by atoms with E-state index >= 15 is 0 Å². The fraction of sp³-hybridized carbons (Fsp3) is 0.538. The summed E-state index contributed by atoms with van der Waals surface area (Å²) in [4.78, 5) is 42.2. The standard InChI is InChI=1S/C13H14N5O9P/c14-13-16-10-7(11(21)17-13)15-3-18(10)12-9-8(4(25-12)2-24-28(22)23)26-6(27-9)1-5(19)20/h3-4,6,8-9,12H,1-2H2,(H4-,14,16,17,19,20,21,22,23)/p+1/t4-,6?,8?,9?,12-/m1/s1. The van der Waals surface area contributed by atoms with Crippen molar-refractivity contribution in [1.82, 2.24) is 19.5 Å². The number of aromatic nitrogens is 4. The number of carboxylic acids is 1. The molecule has 2 aromatic heterocycles. The van der Waals surface area contributed by atoms with Gasteiger partial charge in [-0.15, -0.1) is 9.42 Å². The lowest BCUT2D eigenvalue weighted by Crippen LogP contribution is -2.31. The number of aliphatic carboxylic acids is 1. The van der Waals surface area contributed by atoms with Crippen molar-refractivity contribution in [3.8, 4) is 0 Å². The first-order chi connectivity index (χ1) is 13.3. The van der Waals surface area contributed by atoms with Crippen LogP contribution in [0.3, 0.4) is 0 Å². The molecule has 0 bridgehead atoms. The molecule has 2 aliphatic rings. The molecule has 4 heterocycles. The predicted octanol–water partition coefficient (Wildman–Crippen LogP) is -1.15. The number of aromatic amines is 1. The van der Waals surface area contributed by atoms with Gasteiger partial charge in [-0.25, -0.2) is 4.98 Å². The maximum Gasteiger partial charge on any atom is 0.694 e. The van der Waals surface area contributed by atoms with Gasteiger partial charge >= 0.3 is 14.2 Å². The van der Waals surface area contributed by atoms with E-state index < -0.39 is 57.0 Å². The molecule has 14 nitrogen and oxygen atoms in total. The maximum absolute atomic E-state index is 12.0. The fourth-order valence-corrected chi connectivity index (χ4v) is 3.54. The molecule has 0 amide bonds. The summed E-state index contributed by atoms with van der Waals surface area (Å²) in [7, 11) is -2.87. The Balaban J connectivity index is 1.67. The van der Waals surface area contributed by atoms with Crippen molar-refractivity contribution in [2.75, 3.05) is 12.3 Å². The highest BCUT2D eigenvalue weighted by Gasteiger charge is 2.54. The molecule has 2 aliphatic heterocycles. The number of nitrogens with zero attached hydrogens (tertiary/aromatic N) is 3. The highest BCUT2D eigenvalue weighted by atomic mass is 31.1. The normalized spacial score (nSPS) is 29.9. The zero-order chi connectivity index (χ0) is 20.0. The molecule has 5 N–H and O–H groups in total. The number of ether oxygens (including phenoxy) is 3. The monoisotopic (exact) mass is 416 g/mol. The first-order valence-electron chi connectivity index (χ1n) is 8.03. The number of hydrogen-bond donors (Lipinski definition) is 4. The minimum Gasteiger partial charge on any atom is -0.481 e. The van der Waals surface area contributed by atoms with Crippen molar-refractivity contribution in [3.05, 3.63) is 16.7 Å². The molecule has 2 fully saturated rings. The number of nitrogens with two attached hydrogens (primary N) is 1. The highest BCUT2D eigenvalue weighted by Crippen LogP contribution is 2.41. The minimum absolute atomic E-state index is 0.0217. The molecule has 0 radical (unpaired) electrons. The van der Waals surface area contributed by atoms with Gasteiger partial charge in [-0.2, -0.15) is 4.98 Å². The molecule has 2 saturated heterocycles. The van der Waals surface area contributed by atoms with E-state index in [1.54, 1.807) is 0 Å². The summed E-state index contributed by atoms with van der Waals surface area (Å²) in [5.41, 5.74) is 5.20. The van der Waals surface area contributed by atoms with Crippen LogP contribution in [-0.2, 0) is 28.1 Å². The van der Waals surface area contributed by atoms with Crippen LogP contribution in [0.15, 0.2) is 11.1 Å². The molecule has 0 spiro atoms. The fourth-order valence-electron chi connectivity index (χ4n) is 3.26. The number of imidazole rings is 1. The first kappa shape index (κ1) is 18.9. The van der Waals surface area contributed by atoms with Crippen LogP contribution < -0.4 is 11.3 Å². The number of nitrogen functional groups attached to an aromatic ring is 1. The van der Waals surface area contributed by atoms with Crippen molar-refractivity contribution in [2.45, 2.75) is 37.3 Å². The number of anilines is 1. The Morgan fingerprint density at radius 1 is 1.39 bits per heavy atom. The van der Waals surface area contributed by atoms with Gasteiger partial charge in [0.2, 0.25) is 5.95 Å². The third kappa shape index (κ3) is 3.37. The summed E-state index contributed by atoms with van der Waals surface area (Å²) < 4.78 is 34.1. The van der Waals surface area contributed by atoms with E-state index in [1.807, 2.05) is 0 Å². The first-order valence-corrected chi connectivity index (χ1v) is 9.16. The second-order valence-corrected chi connectivity index (χ2v) is 6.84. The Hall–Kier alpha value is -2.48. The van der Waals surface area contributed by atoms with Gasteiger partial charge in [0, 0.05) is 4.57 Å². The highest BCUT2D eigenvalue weighted by molar-refractivity contribution is 7.32. The lowest BCUT2D eigenvalue weighted by Gasteiger charge is -2.19. The van der Waals surface area contributed by atoms with Crippen molar-refractivity contribution in [1.29, 1.82) is 0 Å². The van der Waals surface area contributed by atoms with Crippen LogP contribution in [0, 0.1) is 0 Å². The molecular formula is C13H15N5O9P+. The quantitative estimate of drug-likeness (QED) is 0.413. The maximum atomic E-state index is 12.0. The SMILES string of the molecule is Nc1nc2c(ncn2[C@@H]2O[C@H](CO[P+](=O)O)C3OC(CC(=O)O)OC32)c(=O)[nH]1. The minimum atomic E-state index is -2.87. The van der Waals surface area contributed by atoms with Crippen molar-refractivity contribution in [3.63, 3.8) is 0 Å². The van der Waals surface area contributed by atoms with Gasteiger partial charge in [-0.1, -0.05) is 0 Å². The van der Waals surface area contributed by atoms with Gasteiger partial charge < -0.3 is 25.1 Å². The second kappa shape index (κ2) is 7.16. The molecule has 4 rings (SSSR count). The summed E-state index contributed by atoms with van der Waals surface area (Å²) in [5, 5.41) is 8.97. The number of rotatable bonds is 6. The van der Waals surface area contributed by atoms with Crippen molar-refractivity contribution in [2.24, 2.45) is 0 Å². The zero-order valence-corrected chi connectivity index (χ0v) is 14.9. The van der Waals surface area contributed by atoms with Gasteiger partial charge in [-0.3, -0.25) is 19.1 Å². The molecule has 0 aromatic carbocycles. The van der Waals surface area contributed by atoms with Crippen LogP contribution in [-0.4, -0.2) is 66.7 Å². The van der Waals surface area contributed by atoms with Gasteiger partial charge in [-0.05, 0) is 0 Å².